The van der Waals surface area contributed by atoms with E-state index >= 15 is 0 Å². The zero-order chi connectivity index (χ0) is 11.5. The van der Waals surface area contributed by atoms with Crippen LogP contribution in [-0.2, 0) is 0 Å². The number of carbonyl (C=O) groups excluding carboxylic acids is 1. The molecular weight excluding hydrogens is 206 g/mol. The predicted molar refractivity (Wildman–Crippen MR) is 58.8 cm³/mol. The number of rotatable bonds is 2. The minimum Gasteiger partial charge on any atom is -0.366 e. The molecule has 0 unspecified atom stereocenters. The molecule has 2 aromatic rings. The van der Waals surface area contributed by atoms with Gasteiger partial charge in [-0.1, -0.05) is 6.07 Å². The van der Waals surface area contributed by atoms with Crippen LogP contribution in [0.2, 0.25) is 0 Å². The first-order valence-corrected chi connectivity index (χ1v) is 4.62. The van der Waals surface area contributed by atoms with Gasteiger partial charge in [0, 0.05) is 12.4 Å². The van der Waals surface area contributed by atoms with Gasteiger partial charge >= 0.3 is 0 Å². The van der Waals surface area contributed by atoms with Crippen molar-refractivity contribution in [3.63, 3.8) is 0 Å². The highest BCUT2D eigenvalue weighted by atomic mass is 16.1. The van der Waals surface area contributed by atoms with E-state index in [0.717, 1.165) is 0 Å². The van der Waals surface area contributed by atoms with Crippen LogP contribution < -0.4 is 11.3 Å². The molecule has 2 heterocycles. The van der Waals surface area contributed by atoms with E-state index in [-0.39, 0.29) is 11.1 Å². The molecule has 0 saturated carbocycles. The smallest absolute Gasteiger partial charge is 0.257 e. The van der Waals surface area contributed by atoms with Crippen LogP contribution in [0.3, 0.4) is 0 Å². The molecule has 0 aliphatic heterocycles. The molecule has 0 bridgehead atoms. The molecule has 5 heteroatoms. The van der Waals surface area contributed by atoms with Gasteiger partial charge in [-0.2, -0.15) is 0 Å². The van der Waals surface area contributed by atoms with Crippen molar-refractivity contribution >= 4 is 5.91 Å². The summed E-state index contributed by atoms with van der Waals surface area (Å²) in [4.78, 5) is 29.0. The standard InChI is InChI=1S/C11H9N3O2/c12-10(15)7-5-8(11(16)14-6-7)9-3-1-2-4-13-9/h1-6H,(H2,12,15)(H,14,16). The Kier molecular flexibility index (Phi) is 2.51. The summed E-state index contributed by atoms with van der Waals surface area (Å²) in [6, 6.07) is 6.63. The second-order valence-corrected chi connectivity index (χ2v) is 3.21. The Morgan fingerprint density at radius 2 is 2.19 bits per heavy atom. The average Bonchev–Trinajstić information content (AvgIpc) is 2.30. The lowest BCUT2D eigenvalue weighted by Gasteiger charge is -2.00. The molecule has 0 aliphatic rings. The van der Waals surface area contributed by atoms with E-state index in [2.05, 4.69) is 9.97 Å². The van der Waals surface area contributed by atoms with E-state index in [1.165, 1.54) is 12.3 Å². The Morgan fingerprint density at radius 1 is 1.38 bits per heavy atom. The van der Waals surface area contributed by atoms with Crippen LogP contribution in [0.25, 0.3) is 11.3 Å². The number of carbonyl (C=O) groups is 1. The molecule has 2 aromatic heterocycles. The highest BCUT2D eigenvalue weighted by Crippen LogP contribution is 2.11. The number of nitrogens with one attached hydrogen (secondary N) is 1. The van der Waals surface area contributed by atoms with Crippen LogP contribution in [0.4, 0.5) is 0 Å². The Labute approximate surface area is 91.0 Å². The Balaban J connectivity index is 2.61. The number of H-pyrrole nitrogens is 1. The first-order chi connectivity index (χ1) is 7.68. The molecule has 0 radical (unpaired) electrons. The fourth-order valence-electron chi connectivity index (χ4n) is 1.34. The summed E-state index contributed by atoms with van der Waals surface area (Å²) in [6.45, 7) is 0. The number of hydrogen-bond acceptors (Lipinski definition) is 3. The molecule has 80 valence electrons. The van der Waals surface area contributed by atoms with Crippen molar-refractivity contribution in [1.82, 2.24) is 9.97 Å². The molecule has 2 rings (SSSR count). The summed E-state index contributed by atoms with van der Waals surface area (Å²) >= 11 is 0. The van der Waals surface area contributed by atoms with Gasteiger partial charge in [-0.05, 0) is 18.2 Å². The van der Waals surface area contributed by atoms with Crippen molar-refractivity contribution < 1.29 is 4.79 Å². The molecule has 1 amide bonds. The van der Waals surface area contributed by atoms with Crippen molar-refractivity contribution in [2.75, 3.05) is 0 Å². The highest BCUT2D eigenvalue weighted by Gasteiger charge is 2.08. The largest absolute Gasteiger partial charge is 0.366 e. The third kappa shape index (κ3) is 1.83. The van der Waals surface area contributed by atoms with E-state index < -0.39 is 5.91 Å². The predicted octanol–water partition coefficient (Wildman–Crippen LogP) is 0.536. The van der Waals surface area contributed by atoms with Gasteiger partial charge in [0.2, 0.25) is 5.91 Å². The van der Waals surface area contributed by atoms with Gasteiger partial charge in [-0.3, -0.25) is 14.6 Å². The third-order valence-electron chi connectivity index (χ3n) is 2.13. The topological polar surface area (TPSA) is 88.8 Å². The lowest BCUT2D eigenvalue weighted by molar-refractivity contribution is 0.1000. The monoisotopic (exact) mass is 215 g/mol. The van der Waals surface area contributed by atoms with Gasteiger partial charge in [0.1, 0.15) is 0 Å². The van der Waals surface area contributed by atoms with Gasteiger partial charge in [-0.25, -0.2) is 0 Å². The number of nitrogens with zero attached hydrogens (tertiary/aromatic N) is 1. The quantitative estimate of drug-likeness (QED) is 0.766. The number of amides is 1. The summed E-state index contributed by atoms with van der Waals surface area (Å²) in [7, 11) is 0. The number of primary amides is 1. The van der Waals surface area contributed by atoms with Gasteiger partial charge in [-0.15, -0.1) is 0 Å². The molecule has 0 aliphatic carbocycles. The second kappa shape index (κ2) is 3.98. The average molecular weight is 215 g/mol. The van der Waals surface area contributed by atoms with Crippen LogP contribution >= 0.6 is 0 Å². The van der Waals surface area contributed by atoms with E-state index in [9.17, 15) is 9.59 Å². The van der Waals surface area contributed by atoms with E-state index in [4.69, 9.17) is 5.73 Å². The van der Waals surface area contributed by atoms with E-state index in [0.29, 0.717) is 11.3 Å². The molecular formula is C11H9N3O2. The van der Waals surface area contributed by atoms with Crippen LogP contribution in [0.15, 0.2) is 41.5 Å². The van der Waals surface area contributed by atoms with Crippen molar-refractivity contribution in [3.8, 4) is 11.3 Å². The van der Waals surface area contributed by atoms with Crippen LogP contribution in [0.1, 0.15) is 10.4 Å². The van der Waals surface area contributed by atoms with Gasteiger partial charge in [0.25, 0.3) is 5.56 Å². The number of hydrogen-bond donors (Lipinski definition) is 2. The number of aromatic amines is 1. The zero-order valence-electron chi connectivity index (χ0n) is 8.31. The number of pyridine rings is 2. The minimum atomic E-state index is -0.589. The van der Waals surface area contributed by atoms with Crippen LogP contribution in [0.5, 0.6) is 0 Å². The minimum absolute atomic E-state index is 0.250. The zero-order valence-corrected chi connectivity index (χ0v) is 8.31. The Bertz CT molecular complexity index is 575. The Morgan fingerprint density at radius 3 is 2.81 bits per heavy atom. The van der Waals surface area contributed by atoms with Crippen molar-refractivity contribution in [3.05, 3.63) is 52.6 Å². The van der Waals surface area contributed by atoms with Crippen molar-refractivity contribution in [1.29, 1.82) is 0 Å². The van der Waals surface area contributed by atoms with Gasteiger partial charge in [0.15, 0.2) is 0 Å². The maximum Gasteiger partial charge on any atom is 0.257 e. The van der Waals surface area contributed by atoms with Crippen LogP contribution in [0, 0.1) is 0 Å². The second-order valence-electron chi connectivity index (χ2n) is 3.21. The molecule has 0 saturated heterocycles. The molecule has 0 spiro atoms. The summed E-state index contributed by atoms with van der Waals surface area (Å²) in [6.07, 6.45) is 2.86. The SMILES string of the molecule is NC(=O)c1c[nH]c(=O)c(-c2ccccn2)c1. The lowest BCUT2D eigenvalue weighted by atomic mass is 10.1. The van der Waals surface area contributed by atoms with Crippen LogP contribution in [-0.4, -0.2) is 15.9 Å². The van der Waals surface area contributed by atoms with Gasteiger partial charge < -0.3 is 10.7 Å². The molecule has 3 N–H and O–H groups in total. The molecule has 0 fully saturated rings. The lowest BCUT2D eigenvalue weighted by Crippen LogP contribution is -2.16. The first-order valence-electron chi connectivity index (χ1n) is 4.62. The third-order valence-corrected chi connectivity index (χ3v) is 2.13. The fourth-order valence-corrected chi connectivity index (χ4v) is 1.34. The molecule has 0 aromatic carbocycles. The number of nitrogens with two attached hydrogens (primary N) is 1. The first kappa shape index (κ1) is 10.1. The molecule has 5 nitrogen and oxygen atoms in total. The van der Waals surface area contributed by atoms with E-state index in [1.807, 2.05) is 0 Å². The fraction of sp³-hybridized carbons (Fsp3) is 0. The summed E-state index contributed by atoms with van der Waals surface area (Å²) in [5.41, 5.74) is 5.91. The maximum atomic E-state index is 11.5. The van der Waals surface area contributed by atoms with Gasteiger partial charge in [0.05, 0.1) is 16.8 Å². The normalized spacial score (nSPS) is 10.0. The number of aromatic nitrogens is 2. The van der Waals surface area contributed by atoms with E-state index in [1.54, 1.807) is 24.4 Å². The summed E-state index contributed by atoms with van der Waals surface area (Å²) in [5, 5.41) is 0. The molecule has 0 atom stereocenters. The highest BCUT2D eigenvalue weighted by molar-refractivity contribution is 5.93. The maximum absolute atomic E-state index is 11.5. The summed E-state index contributed by atoms with van der Waals surface area (Å²) in [5.74, 6) is -0.589. The summed E-state index contributed by atoms with van der Waals surface area (Å²) < 4.78 is 0. The molecule has 16 heavy (non-hydrogen) atoms. The van der Waals surface area contributed by atoms with Crippen molar-refractivity contribution in [2.45, 2.75) is 0 Å². The Hall–Kier alpha value is -2.43. The van der Waals surface area contributed by atoms with Crippen molar-refractivity contribution in [2.24, 2.45) is 5.73 Å².